The van der Waals surface area contributed by atoms with Crippen molar-refractivity contribution in [2.75, 3.05) is 26.2 Å². The van der Waals surface area contributed by atoms with E-state index in [1.165, 1.54) is 17.0 Å². The van der Waals surface area contributed by atoms with Crippen molar-refractivity contribution >= 4 is 28.6 Å². The van der Waals surface area contributed by atoms with Crippen molar-refractivity contribution in [3.63, 3.8) is 0 Å². The molecule has 0 saturated carbocycles. The molecule has 3 aromatic rings. The van der Waals surface area contributed by atoms with Crippen molar-refractivity contribution < 1.29 is 18.8 Å². The standard InChI is InChI=1S/C24H23FN4O3/c25-19-6-2-16(3-7-19)13-28-15-22(30)29-11-1-10-27(14-21(29)24(28)32)23(31)18-5-4-17-8-9-26-20(17)12-18/h2-9,12,21,26H,1,10-11,13-15H2. The topological polar surface area (TPSA) is 76.7 Å². The number of H-pyrrole nitrogens is 1. The summed E-state index contributed by atoms with van der Waals surface area (Å²) in [5.74, 6) is -0.817. The fraction of sp³-hybridized carbons (Fsp3) is 0.292. The van der Waals surface area contributed by atoms with Gasteiger partial charge in [-0.05, 0) is 47.7 Å². The number of hydrogen-bond acceptors (Lipinski definition) is 3. The molecule has 2 saturated heterocycles. The quantitative estimate of drug-likeness (QED) is 0.688. The highest BCUT2D eigenvalue weighted by Gasteiger charge is 2.42. The lowest BCUT2D eigenvalue weighted by atomic mass is 10.1. The van der Waals surface area contributed by atoms with Gasteiger partial charge >= 0.3 is 0 Å². The summed E-state index contributed by atoms with van der Waals surface area (Å²) in [5, 5.41) is 1.02. The summed E-state index contributed by atoms with van der Waals surface area (Å²) in [5.41, 5.74) is 2.18. The molecule has 7 nitrogen and oxygen atoms in total. The van der Waals surface area contributed by atoms with Crippen LogP contribution in [0.4, 0.5) is 4.39 Å². The minimum atomic E-state index is -0.711. The van der Waals surface area contributed by atoms with Gasteiger partial charge in [-0.25, -0.2) is 4.39 Å². The first-order valence-corrected chi connectivity index (χ1v) is 10.7. The number of carbonyl (C=O) groups is 3. The number of halogens is 1. The molecule has 3 heterocycles. The van der Waals surface area contributed by atoms with Gasteiger partial charge in [0.1, 0.15) is 18.4 Å². The minimum absolute atomic E-state index is 0.00977. The number of aromatic amines is 1. The molecule has 0 bridgehead atoms. The number of amides is 3. The van der Waals surface area contributed by atoms with E-state index in [1.807, 2.05) is 24.4 Å². The monoisotopic (exact) mass is 434 g/mol. The molecule has 164 valence electrons. The Bertz CT molecular complexity index is 1190. The van der Waals surface area contributed by atoms with Gasteiger partial charge in [-0.15, -0.1) is 0 Å². The number of rotatable bonds is 3. The Hall–Kier alpha value is -3.68. The second-order valence-corrected chi connectivity index (χ2v) is 8.31. The molecule has 32 heavy (non-hydrogen) atoms. The molecule has 1 N–H and O–H groups in total. The molecule has 0 radical (unpaired) electrons. The summed E-state index contributed by atoms with van der Waals surface area (Å²) in [6, 6.07) is 12.6. The maximum absolute atomic E-state index is 13.3. The van der Waals surface area contributed by atoms with Crippen LogP contribution in [-0.2, 0) is 16.1 Å². The zero-order chi connectivity index (χ0) is 22.2. The second kappa shape index (κ2) is 8.11. The lowest BCUT2D eigenvalue weighted by Gasteiger charge is -2.40. The number of fused-ring (bicyclic) bond motifs is 2. The van der Waals surface area contributed by atoms with Gasteiger partial charge < -0.3 is 19.7 Å². The third-order valence-electron chi connectivity index (χ3n) is 6.22. The van der Waals surface area contributed by atoms with Crippen LogP contribution in [0, 0.1) is 5.82 Å². The summed E-state index contributed by atoms with van der Waals surface area (Å²) in [6.45, 7) is 1.30. The Labute approximate surface area is 184 Å². The number of benzene rings is 2. The maximum Gasteiger partial charge on any atom is 0.254 e. The first-order valence-electron chi connectivity index (χ1n) is 10.7. The predicted octanol–water partition coefficient (Wildman–Crippen LogP) is 2.39. The molecule has 2 fully saturated rings. The van der Waals surface area contributed by atoms with Crippen LogP contribution in [0.25, 0.3) is 10.9 Å². The van der Waals surface area contributed by atoms with E-state index in [2.05, 4.69) is 4.98 Å². The molecule has 2 aromatic carbocycles. The number of hydrogen-bond donors (Lipinski definition) is 1. The molecule has 2 aliphatic heterocycles. The van der Waals surface area contributed by atoms with Crippen LogP contribution in [0.3, 0.4) is 0 Å². The lowest BCUT2D eigenvalue weighted by molar-refractivity contribution is -0.156. The largest absolute Gasteiger partial charge is 0.361 e. The molecule has 1 atom stereocenters. The van der Waals surface area contributed by atoms with E-state index in [4.69, 9.17) is 0 Å². The lowest BCUT2D eigenvalue weighted by Crippen LogP contribution is -2.61. The first-order chi connectivity index (χ1) is 15.5. The van der Waals surface area contributed by atoms with Crippen molar-refractivity contribution in [3.05, 3.63) is 71.7 Å². The normalized spacial score (nSPS) is 19.3. The van der Waals surface area contributed by atoms with Gasteiger partial charge in [0, 0.05) is 36.9 Å². The SMILES string of the molecule is O=C(c1ccc2cc[nH]c2c1)N1CCCN2C(=O)CN(Cc3ccc(F)cc3)C(=O)C2C1. The third kappa shape index (κ3) is 3.72. The molecule has 1 aromatic heterocycles. The molecule has 2 aliphatic rings. The number of aromatic nitrogens is 1. The minimum Gasteiger partial charge on any atom is -0.361 e. The molecule has 1 unspecified atom stereocenters. The van der Waals surface area contributed by atoms with Gasteiger partial charge in [0.15, 0.2) is 0 Å². The van der Waals surface area contributed by atoms with E-state index >= 15 is 0 Å². The molecular formula is C24H23FN4O3. The number of nitrogens with one attached hydrogen (secondary N) is 1. The average molecular weight is 434 g/mol. The van der Waals surface area contributed by atoms with Crippen LogP contribution in [0.15, 0.2) is 54.7 Å². The fourth-order valence-electron chi connectivity index (χ4n) is 4.53. The number of piperazine rings is 1. The van der Waals surface area contributed by atoms with Gasteiger partial charge in [-0.2, -0.15) is 0 Å². The van der Waals surface area contributed by atoms with E-state index < -0.39 is 6.04 Å². The van der Waals surface area contributed by atoms with Crippen LogP contribution >= 0.6 is 0 Å². The Morgan fingerprint density at radius 1 is 1.06 bits per heavy atom. The Morgan fingerprint density at radius 2 is 1.88 bits per heavy atom. The van der Waals surface area contributed by atoms with Gasteiger partial charge in [0.2, 0.25) is 11.8 Å². The summed E-state index contributed by atoms with van der Waals surface area (Å²) in [7, 11) is 0. The second-order valence-electron chi connectivity index (χ2n) is 8.31. The van der Waals surface area contributed by atoms with E-state index in [0.717, 1.165) is 16.5 Å². The van der Waals surface area contributed by atoms with E-state index in [9.17, 15) is 18.8 Å². The summed E-state index contributed by atoms with van der Waals surface area (Å²) in [6.07, 6.45) is 2.44. The molecular weight excluding hydrogens is 411 g/mol. The molecule has 8 heteroatoms. The van der Waals surface area contributed by atoms with Crippen molar-refractivity contribution in [3.8, 4) is 0 Å². The van der Waals surface area contributed by atoms with Crippen LogP contribution in [0.5, 0.6) is 0 Å². The van der Waals surface area contributed by atoms with Crippen molar-refractivity contribution in [1.29, 1.82) is 0 Å². The van der Waals surface area contributed by atoms with Crippen LogP contribution in [0.1, 0.15) is 22.3 Å². The van der Waals surface area contributed by atoms with E-state index in [0.29, 0.717) is 25.1 Å². The molecule has 0 spiro atoms. The Balaban J connectivity index is 1.36. The Kier molecular flexibility index (Phi) is 5.13. The van der Waals surface area contributed by atoms with E-state index in [-0.39, 0.29) is 43.2 Å². The van der Waals surface area contributed by atoms with Crippen LogP contribution < -0.4 is 0 Å². The summed E-state index contributed by atoms with van der Waals surface area (Å²) in [4.78, 5) is 47.2. The summed E-state index contributed by atoms with van der Waals surface area (Å²) < 4.78 is 13.2. The molecule has 3 amide bonds. The predicted molar refractivity (Wildman–Crippen MR) is 116 cm³/mol. The first kappa shape index (κ1) is 20.2. The van der Waals surface area contributed by atoms with Crippen LogP contribution in [0.2, 0.25) is 0 Å². The number of carbonyl (C=O) groups excluding carboxylic acids is 3. The third-order valence-corrected chi connectivity index (χ3v) is 6.22. The van der Waals surface area contributed by atoms with Crippen LogP contribution in [-0.4, -0.2) is 69.6 Å². The van der Waals surface area contributed by atoms with Gasteiger partial charge in [-0.1, -0.05) is 18.2 Å². The zero-order valence-electron chi connectivity index (χ0n) is 17.5. The Morgan fingerprint density at radius 3 is 2.69 bits per heavy atom. The average Bonchev–Trinajstić information content (AvgIpc) is 3.14. The highest BCUT2D eigenvalue weighted by Crippen LogP contribution is 2.22. The highest BCUT2D eigenvalue weighted by molar-refractivity contribution is 5.99. The van der Waals surface area contributed by atoms with Gasteiger partial charge in [-0.3, -0.25) is 14.4 Å². The highest BCUT2D eigenvalue weighted by atomic mass is 19.1. The van der Waals surface area contributed by atoms with Gasteiger partial charge in [0.25, 0.3) is 5.91 Å². The number of nitrogens with zero attached hydrogens (tertiary/aromatic N) is 3. The maximum atomic E-state index is 13.3. The van der Waals surface area contributed by atoms with Crippen molar-refractivity contribution in [2.45, 2.75) is 19.0 Å². The van der Waals surface area contributed by atoms with Gasteiger partial charge in [0.05, 0.1) is 6.54 Å². The van der Waals surface area contributed by atoms with Crippen molar-refractivity contribution in [2.24, 2.45) is 0 Å². The summed E-state index contributed by atoms with van der Waals surface area (Å²) >= 11 is 0. The van der Waals surface area contributed by atoms with Crippen molar-refractivity contribution in [1.82, 2.24) is 19.7 Å². The molecule has 5 rings (SSSR count). The fourth-order valence-corrected chi connectivity index (χ4v) is 4.53. The smallest absolute Gasteiger partial charge is 0.254 e. The zero-order valence-corrected chi connectivity index (χ0v) is 17.5. The molecule has 0 aliphatic carbocycles. The van der Waals surface area contributed by atoms with E-state index in [1.54, 1.807) is 28.0 Å².